The van der Waals surface area contributed by atoms with Crippen molar-refractivity contribution in [1.82, 2.24) is 4.68 Å². The molecule has 0 unspecified atom stereocenters. The number of aromatic nitrogens is 1. The Bertz CT molecular complexity index is 766. The number of hydrogen-bond acceptors (Lipinski definition) is 3. The zero-order valence-electron chi connectivity index (χ0n) is 11.2. The van der Waals surface area contributed by atoms with E-state index in [2.05, 4.69) is 5.43 Å². The molecule has 0 bridgehead atoms. The molecule has 108 valence electrons. The highest BCUT2D eigenvalue weighted by molar-refractivity contribution is 5.97. The number of rotatable bonds is 3. The lowest BCUT2D eigenvalue weighted by Crippen LogP contribution is -2.24. The third kappa shape index (κ3) is 3.56. The monoisotopic (exact) mass is 288 g/mol. The van der Waals surface area contributed by atoms with Crippen LogP contribution in [0.25, 0.3) is 6.08 Å². The van der Waals surface area contributed by atoms with E-state index in [1.54, 1.807) is 6.07 Å². The number of carbonyl (C=O) groups excluding carboxylic acids is 1. The van der Waals surface area contributed by atoms with Gasteiger partial charge in [-0.3, -0.25) is 19.7 Å². The average Bonchev–Trinajstić information content (AvgIpc) is 2.46. The molecule has 1 aromatic heterocycles. The second-order valence-electron chi connectivity index (χ2n) is 4.35. The predicted octanol–water partition coefficient (Wildman–Crippen LogP) is 1.78. The number of aromatic hydroxyl groups is 1. The summed E-state index contributed by atoms with van der Waals surface area (Å²) < 4.78 is 14.2. The number of hydrogen-bond donors (Lipinski definition) is 2. The summed E-state index contributed by atoms with van der Waals surface area (Å²) in [5, 5.41) is 9.49. The molecular formula is C15H13FN2O3. The molecule has 2 N–H and O–H groups in total. The Labute approximate surface area is 119 Å². The van der Waals surface area contributed by atoms with Crippen LogP contribution in [-0.2, 0) is 4.79 Å². The van der Waals surface area contributed by atoms with Crippen LogP contribution in [0.1, 0.15) is 11.3 Å². The summed E-state index contributed by atoms with van der Waals surface area (Å²) >= 11 is 0. The average molecular weight is 288 g/mol. The number of benzene rings is 1. The molecule has 21 heavy (non-hydrogen) atoms. The first-order valence-corrected chi connectivity index (χ1v) is 6.13. The molecule has 0 radical (unpaired) electrons. The van der Waals surface area contributed by atoms with Crippen LogP contribution in [0.5, 0.6) is 5.75 Å². The van der Waals surface area contributed by atoms with Crippen molar-refractivity contribution in [2.45, 2.75) is 6.92 Å². The molecule has 0 fully saturated rings. The first-order valence-electron chi connectivity index (χ1n) is 6.13. The molecule has 0 saturated carbocycles. The molecule has 6 heteroatoms. The maximum absolute atomic E-state index is 13.0. The van der Waals surface area contributed by atoms with Gasteiger partial charge < -0.3 is 5.11 Å². The lowest BCUT2D eigenvalue weighted by Gasteiger charge is -2.11. The standard InChI is InChI=1S/C15H13FN2O3/c1-10-15(21)13(19)7-8-18(10)17-14(20)6-5-11-3-2-4-12(16)9-11/h2-9,21H,1H3,(H,17,20)/b6-5+. The molecular weight excluding hydrogens is 275 g/mol. The molecule has 0 aliphatic carbocycles. The quantitative estimate of drug-likeness (QED) is 0.846. The van der Waals surface area contributed by atoms with Gasteiger partial charge in [-0.25, -0.2) is 4.39 Å². The van der Waals surface area contributed by atoms with Gasteiger partial charge in [0.1, 0.15) is 5.82 Å². The number of carbonyl (C=O) groups is 1. The van der Waals surface area contributed by atoms with E-state index in [9.17, 15) is 19.1 Å². The molecule has 0 aliphatic rings. The first-order chi connectivity index (χ1) is 9.97. The van der Waals surface area contributed by atoms with Gasteiger partial charge in [-0.2, -0.15) is 0 Å². The summed E-state index contributed by atoms with van der Waals surface area (Å²) in [7, 11) is 0. The van der Waals surface area contributed by atoms with E-state index in [0.29, 0.717) is 5.56 Å². The predicted molar refractivity (Wildman–Crippen MR) is 76.9 cm³/mol. The highest BCUT2D eigenvalue weighted by Gasteiger charge is 2.06. The highest BCUT2D eigenvalue weighted by Crippen LogP contribution is 2.08. The number of halogens is 1. The van der Waals surface area contributed by atoms with Crippen LogP contribution in [-0.4, -0.2) is 15.7 Å². The first kappa shape index (κ1) is 14.5. The zero-order valence-corrected chi connectivity index (χ0v) is 11.2. The lowest BCUT2D eigenvalue weighted by molar-refractivity contribution is -0.112. The second-order valence-corrected chi connectivity index (χ2v) is 4.35. The minimum absolute atomic E-state index is 0.218. The molecule has 5 nitrogen and oxygen atoms in total. The summed E-state index contributed by atoms with van der Waals surface area (Å²) in [4.78, 5) is 22.9. The van der Waals surface area contributed by atoms with Crippen LogP contribution >= 0.6 is 0 Å². The van der Waals surface area contributed by atoms with Crippen molar-refractivity contribution in [1.29, 1.82) is 0 Å². The van der Waals surface area contributed by atoms with Crippen LogP contribution in [0, 0.1) is 12.7 Å². The maximum atomic E-state index is 13.0. The van der Waals surface area contributed by atoms with Crippen LogP contribution in [0.15, 0.2) is 47.4 Å². The Morgan fingerprint density at radius 3 is 2.86 bits per heavy atom. The Kier molecular flexibility index (Phi) is 4.18. The highest BCUT2D eigenvalue weighted by atomic mass is 19.1. The van der Waals surface area contributed by atoms with Crippen molar-refractivity contribution >= 4 is 12.0 Å². The van der Waals surface area contributed by atoms with Crippen molar-refractivity contribution in [3.05, 3.63) is 69.9 Å². The summed E-state index contributed by atoms with van der Waals surface area (Å²) in [6.45, 7) is 1.49. The van der Waals surface area contributed by atoms with E-state index < -0.39 is 22.9 Å². The van der Waals surface area contributed by atoms with E-state index >= 15 is 0 Å². The van der Waals surface area contributed by atoms with E-state index in [1.165, 1.54) is 48.1 Å². The van der Waals surface area contributed by atoms with Gasteiger partial charge in [-0.1, -0.05) is 12.1 Å². The van der Waals surface area contributed by atoms with E-state index in [4.69, 9.17) is 0 Å². The fraction of sp³-hybridized carbons (Fsp3) is 0.0667. The van der Waals surface area contributed by atoms with E-state index in [-0.39, 0.29) is 5.69 Å². The Morgan fingerprint density at radius 1 is 1.38 bits per heavy atom. The molecule has 1 heterocycles. The van der Waals surface area contributed by atoms with Crippen LogP contribution in [0.3, 0.4) is 0 Å². The van der Waals surface area contributed by atoms with E-state index in [0.717, 1.165) is 6.07 Å². The lowest BCUT2D eigenvalue weighted by atomic mass is 10.2. The van der Waals surface area contributed by atoms with Gasteiger partial charge in [0.15, 0.2) is 5.75 Å². The van der Waals surface area contributed by atoms with Crippen LogP contribution < -0.4 is 10.9 Å². The number of pyridine rings is 1. The van der Waals surface area contributed by atoms with Crippen molar-refractivity contribution < 1.29 is 14.3 Å². The van der Waals surface area contributed by atoms with Gasteiger partial charge in [0.2, 0.25) is 5.43 Å². The fourth-order valence-corrected chi connectivity index (χ4v) is 1.68. The molecule has 2 rings (SSSR count). The van der Waals surface area contributed by atoms with Gasteiger partial charge in [0.05, 0.1) is 5.69 Å². The maximum Gasteiger partial charge on any atom is 0.262 e. The van der Waals surface area contributed by atoms with Gasteiger partial charge in [-0.15, -0.1) is 0 Å². The number of nitrogens with one attached hydrogen (secondary N) is 1. The number of nitrogens with zero attached hydrogens (tertiary/aromatic N) is 1. The van der Waals surface area contributed by atoms with Crippen LogP contribution in [0.4, 0.5) is 4.39 Å². The molecule has 1 amide bonds. The van der Waals surface area contributed by atoms with E-state index in [1.807, 2.05) is 0 Å². The zero-order chi connectivity index (χ0) is 15.4. The van der Waals surface area contributed by atoms with Crippen molar-refractivity contribution in [3.63, 3.8) is 0 Å². The minimum atomic E-state index is -0.520. The summed E-state index contributed by atoms with van der Waals surface area (Å²) in [6, 6.07) is 6.93. The number of amides is 1. The SMILES string of the molecule is Cc1c(O)c(=O)ccn1NC(=O)/C=C/c1cccc(F)c1. The molecule has 0 spiro atoms. The topological polar surface area (TPSA) is 71.3 Å². The van der Waals surface area contributed by atoms with Crippen molar-refractivity contribution in [3.8, 4) is 5.75 Å². The summed E-state index contributed by atoms with van der Waals surface area (Å²) in [5.41, 5.74) is 2.70. The molecule has 2 aromatic rings. The molecule has 0 saturated heterocycles. The van der Waals surface area contributed by atoms with Crippen molar-refractivity contribution in [2.24, 2.45) is 0 Å². The van der Waals surface area contributed by atoms with Gasteiger partial charge in [-0.05, 0) is 30.7 Å². The van der Waals surface area contributed by atoms with Crippen molar-refractivity contribution in [2.75, 3.05) is 5.43 Å². The van der Waals surface area contributed by atoms with Gasteiger partial charge in [0, 0.05) is 18.3 Å². The molecule has 0 atom stereocenters. The normalized spacial score (nSPS) is 10.8. The Balaban J connectivity index is 2.12. The Hall–Kier alpha value is -2.89. The van der Waals surface area contributed by atoms with Crippen LogP contribution in [0.2, 0.25) is 0 Å². The fourth-order valence-electron chi connectivity index (χ4n) is 1.68. The second kappa shape index (κ2) is 6.04. The third-order valence-electron chi connectivity index (χ3n) is 2.82. The molecule has 0 aliphatic heterocycles. The molecule has 1 aromatic carbocycles. The van der Waals surface area contributed by atoms with Gasteiger partial charge >= 0.3 is 0 Å². The summed E-state index contributed by atoms with van der Waals surface area (Å²) in [5.74, 6) is -1.30. The third-order valence-corrected chi connectivity index (χ3v) is 2.82. The summed E-state index contributed by atoms with van der Waals surface area (Å²) in [6.07, 6.45) is 4.02. The van der Waals surface area contributed by atoms with Gasteiger partial charge in [0.25, 0.3) is 5.91 Å². The minimum Gasteiger partial charge on any atom is -0.503 e. The smallest absolute Gasteiger partial charge is 0.262 e. The Morgan fingerprint density at radius 2 is 2.14 bits per heavy atom. The largest absolute Gasteiger partial charge is 0.503 e.